The first-order chi connectivity index (χ1) is 20.4. The van der Waals surface area contributed by atoms with Crippen LogP contribution in [0.3, 0.4) is 0 Å². The third-order valence-corrected chi connectivity index (χ3v) is 9.01. The van der Waals surface area contributed by atoms with E-state index in [4.69, 9.17) is 0 Å². The zero-order chi connectivity index (χ0) is 29.9. The molecule has 0 radical (unpaired) electrons. The van der Waals surface area contributed by atoms with Crippen LogP contribution < -0.4 is 5.32 Å². The van der Waals surface area contributed by atoms with Crippen molar-refractivity contribution in [1.29, 1.82) is 0 Å². The minimum absolute atomic E-state index is 0.100. The summed E-state index contributed by atoms with van der Waals surface area (Å²) in [7, 11) is 1.89. The van der Waals surface area contributed by atoms with Gasteiger partial charge in [0.15, 0.2) is 0 Å². The number of nitrogens with one attached hydrogen (secondary N) is 1. The number of nitrogens with zero attached hydrogens (tertiary/aromatic N) is 3. The van der Waals surface area contributed by atoms with Gasteiger partial charge in [-0.3, -0.25) is 14.6 Å². The van der Waals surface area contributed by atoms with Crippen LogP contribution in [0.25, 0.3) is 0 Å². The summed E-state index contributed by atoms with van der Waals surface area (Å²) in [6, 6.07) is 10.3. The van der Waals surface area contributed by atoms with E-state index < -0.39 is 0 Å². The number of Topliss-reactive ketones (excluding diaryl/α,β-unsaturated/α-hetero) is 1. The van der Waals surface area contributed by atoms with Crippen molar-refractivity contribution in [1.82, 2.24) is 15.1 Å². The first-order valence-corrected chi connectivity index (χ1v) is 15.5. The standard InChI is InChI=1S/C36H48N4O2/c1-5-18-37-23-27(2)25-40-26-29(13-9-6-8-12-28(40)3)21-33(30-14-10-7-11-15-30)36(42)34-24-38-19-16-32(34)31-17-20-39(4)35(41)22-31/h5-7,9-11,14-15,18,23,26,31-34,38H,1,3,8,12-13,16-17,19-22,24-25H2,2,4H3/b9-6-,27-23+,29-26+,37-18?/t31?,32-,33?,34+/m1/s1. The molecule has 3 heterocycles. The highest BCUT2D eigenvalue weighted by atomic mass is 16.2. The number of carbonyl (C=O) groups excluding carboxylic acids is 2. The Morgan fingerprint density at radius 3 is 2.79 bits per heavy atom. The molecule has 4 rings (SSSR count). The largest absolute Gasteiger partial charge is 0.348 e. The number of hydrogen-bond acceptors (Lipinski definition) is 5. The zero-order valence-corrected chi connectivity index (χ0v) is 25.5. The predicted octanol–water partition coefficient (Wildman–Crippen LogP) is 6.42. The van der Waals surface area contributed by atoms with Crippen LogP contribution in [0.5, 0.6) is 0 Å². The van der Waals surface area contributed by atoms with Gasteiger partial charge in [-0.05, 0) is 80.5 Å². The highest BCUT2D eigenvalue weighted by Gasteiger charge is 2.41. The third kappa shape index (κ3) is 8.51. The highest BCUT2D eigenvalue weighted by molar-refractivity contribution is 5.89. The van der Waals surface area contributed by atoms with Gasteiger partial charge in [0.2, 0.25) is 5.91 Å². The first kappa shape index (κ1) is 31.4. The van der Waals surface area contributed by atoms with Crippen LogP contribution in [0.2, 0.25) is 0 Å². The summed E-state index contributed by atoms with van der Waals surface area (Å²) < 4.78 is 0. The van der Waals surface area contributed by atoms with Gasteiger partial charge in [0.1, 0.15) is 5.78 Å². The molecule has 2 saturated heterocycles. The summed E-state index contributed by atoms with van der Waals surface area (Å²) in [5, 5.41) is 3.51. The molecule has 0 bridgehead atoms. The van der Waals surface area contributed by atoms with E-state index in [1.54, 1.807) is 12.3 Å². The van der Waals surface area contributed by atoms with Gasteiger partial charge in [-0.25, -0.2) is 0 Å². The van der Waals surface area contributed by atoms with Crippen molar-refractivity contribution in [3.8, 4) is 0 Å². The van der Waals surface area contributed by atoms with Crippen LogP contribution in [-0.4, -0.2) is 60.9 Å². The number of rotatable bonds is 10. The van der Waals surface area contributed by atoms with Gasteiger partial charge in [0, 0.05) is 69.3 Å². The second-order valence-corrected chi connectivity index (χ2v) is 12.1. The Kier molecular flexibility index (Phi) is 11.7. The van der Waals surface area contributed by atoms with Gasteiger partial charge in [0.05, 0.1) is 0 Å². The van der Waals surface area contributed by atoms with Crippen molar-refractivity contribution in [3.63, 3.8) is 0 Å². The molecule has 224 valence electrons. The van der Waals surface area contributed by atoms with E-state index in [9.17, 15) is 9.59 Å². The number of allylic oxidation sites excluding steroid dienone is 5. The topological polar surface area (TPSA) is 65.0 Å². The maximum absolute atomic E-state index is 14.6. The molecule has 0 aromatic heterocycles. The van der Waals surface area contributed by atoms with Gasteiger partial charge in [-0.2, -0.15) is 0 Å². The van der Waals surface area contributed by atoms with Crippen molar-refractivity contribution >= 4 is 17.9 Å². The van der Waals surface area contributed by atoms with Gasteiger partial charge >= 0.3 is 0 Å². The molecule has 1 aromatic carbocycles. The summed E-state index contributed by atoms with van der Waals surface area (Å²) in [6.07, 6.45) is 17.7. The predicted molar refractivity (Wildman–Crippen MR) is 173 cm³/mol. The van der Waals surface area contributed by atoms with Crippen molar-refractivity contribution in [2.45, 2.75) is 57.8 Å². The average molecular weight is 569 g/mol. The fourth-order valence-corrected chi connectivity index (χ4v) is 6.62. The lowest BCUT2D eigenvalue weighted by atomic mass is 9.68. The molecular formula is C36H48N4O2. The van der Waals surface area contributed by atoms with Gasteiger partial charge < -0.3 is 15.1 Å². The third-order valence-electron chi connectivity index (χ3n) is 9.01. The monoisotopic (exact) mass is 568 g/mol. The normalized spacial score (nSPS) is 27.0. The number of amides is 1. The Balaban J connectivity index is 1.63. The zero-order valence-electron chi connectivity index (χ0n) is 25.5. The quantitative estimate of drug-likeness (QED) is 0.261. The van der Waals surface area contributed by atoms with Crippen molar-refractivity contribution in [2.75, 3.05) is 33.2 Å². The molecule has 3 aliphatic rings. The van der Waals surface area contributed by atoms with Crippen molar-refractivity contribution in [2.24, 2.45) is 22.7 Å². The van der Waals surface area contributed by atoms with Crippen LogP contribution in [0.15, 0.2) is 96.0 Å². The summed E-state index contributed by atoms with van der Waals surface area (Å²) >= 11 is 0. The maximum atomic E-state index is 14.6. The Hall–Kier alpha value is -3.51. The van der Waals surface area contributed by atoms with Crippen molar-refractivity contribution in [3.05, 3.63) is 96.5 Å². The molecule has 0 saturated carbocycles. The number of benzene rings is 1. The van der Waals surface area contributed by atoms with E-state index in [1.807, 2.05) is 36.3 Å². The Labute approximate surface area is 252 Å². The van der Waals surface area contributed by atoms with E-state index in [1.165, 1.54) is 5.57 Å². The van der Waals surface area contributed by atoms with E-state index in [0.717, 1.165) is 62.0 Å². The molecule has 0 spiro atoms. The Morgan fingerprint density at radius 2 is 2.02 bits per heavy atom. The molecule has 2 fully saturated rings. The molecular weight excluding hydrogens is 520 g/mol. The fourth-order valence-electron chi connectivity index (χ4n) is 6.62. The fraction of sp³-hybridized carbons (Fsp3) is 0.472. The molecule has 4 atom stereocenters. The average Bonchev–Trinajstić information content (AvgIpc) is 3.08. The molecule has 42 heavy (non-hydrogen) atoms. The SMILES string of the molecule is C=CC=N/C=C(\C)CN1/C=C(/CC(C(=O)[C@H]2CNCC[C@@H]2C2CCN(C)C(=O)C2)c2ccccc2)C/C=C\CCC1=C. The molecule has 6 heteroatoms. The number of carbonyl (C=O) groups is 2. The summed E-state index contributed by atoms with van der Waals surface area (Å²) in [4.78, 5) is 35.6. The van der Waals surface area contributed by atoms with Crippen LogP contribution in [0, 0.1) is 17.8 Å². The van der Waals surface area contributed by atoms with Crippen LogP contribution in [0.4, 0.5) is 0 Å². The second kappa shape index (κ2) is 15.6. The van der Waals surface area contributed by atoms with Gasteiger partial charge in [0.25, 0.3) is 0 Å². The molecule has 3 aliphatic heterocycles. The summed E-state index contributed by atoms with van der Waals surface area (Å²) in [5.74, 6) is 0.664. The van der Waals surface area contributed by atoms with Gasteiger partial charge in [-0.1, -0.05) is 61.7 Å². The highest BCUT2D eigenvalue weighted by Crippen LogP contribution is 2.39. The Bertz CT molecular complexity index is 1230. The number of likely N-dealkylation sites (tertiary alicyclic amines) is 1. The first-order valence-electron chi connectivity index (χ1n) is 15.5. The minimum atomic E-state index is -0.245. The van der Waals surface area contributed by atoms with E-state index in [-0.39, 0.29) is 29.6 Å². The minimum Gasteiger partial charge on any atom is -0.348 e. The number of hydrogen-bond donors (Lipinski definition) is 1. The van der Waals surface area contributed by atoms with Crippen LogP contribution in [-0.2, 0) is 9.59 Å². The number of ketones is 1. The van der Waals surface area contributed by atoms with E-state index in [2.05, 4.69) is 65.8 Å². The smallest absolute Gasteiger partial charge is 0.222 e. The molecule has 1 amide bonds. The van der Waals surface area contributed by atoms with Crippen LogP contribution in [0.1, 0.15) is 63.4 Å². The maximum Gasteiger partial charge on any atom is 0.222 e. The molecule has 1 N–H and O–H groups in total. The summed E-state index contributed by atoms with van der Waals surface area (Å²) in [5.41, 5.74) is 4.46. The van der Waals surface area contributed by atoms with E-state index >= 15 is 0 Å². The molecule has 6 nitrogen and oxygen atoms in total. The lowest BCUT2D eigenvalue weighted by Gasteiger charge is -2.41. The lowest BCUT2D eigenvalue weighted by Crippen LogP contribution is -2.48. The van der Waals surface area contributed by atoms with E-state index in [0.29, 0.717) is 31.7 Å². The molecule has 0 aliphatic carbocycles. The van der Waals surface area contributed by atoms with Crippen molar-refractivity contribution < 1.29 is 9.59 Å². The molecule has 1 aromatic rings. The second-order valence-electron chi connectivity index (χ2n) is 12.1. The molecule has 2 unspecified atom stereocenters. The number of aliphatic imine (C=N–C) groups is 1. The lowest BCUT2D eigenvalue weighted by molar-refractivity contribution is -0.137. The number of piperidine rings is 2. The van der Waals surface area contributed by atoms with Gasteiger partial charge in [-0.15, -0.1) is 0 Å². The summed E-state index contributed by atoms with van der Waals surface area (Å²) in [6.45, 7) is 13.2. The Morgan fingerprint density at radius 1 is 1.21 bits per heavy atom. The van der Waals surface area contributed by atoms with Crippen LogP contribution >= 0.6 is 0 Å².